The number of hydrogen-bond donors (Lipinski definition) is 0. The summed E-state index contributed by atoms with van der Waals surface area (Å²) in [5.41, 5.74) is 1.87. The maximum Gasteiger partial charge on any atom is 0.416 e. The van der Waals surface area contributed by atoms with Crippen LogP contribution in [0.2, 0.25) is 0 Å². The van der Waals surface area contributed by atoms with E-state index in [1.54, 1.807) is 0 Å². The summed E-state index contributed by atoms with van der Waals surface area (Å²) in [7, 11) is 0. The van der Waals surface area contributed by atoms with Gasteiger partial charge in [-0.25, -0.2) is 18.5 Å². The minimum atomic E-state index is -2.91. The second kappa shape index (κ2) is 10.5. The number of amides is 2. The van der Waals surface area contributed by atoms with Gasteiger partial charge in [-0.1, -0.05) is 60.7 Å². The summed E-state index contributed by atoms with van der Waals surface area (Å²) >= 11 is 0. The highest BCUT2D eigenvalue weighted by atomic mass is 19.3. The third kappa shape index (κ3) is 6.85. The number of hydrogen-bond acceptors (Lipinski definition) is 4. The average molecular weight is 431 g/mol. The molecule has 1 fully saturated rings. The summed E-state index contributed by atoms with van der Waals surface area (Å²) in [5, 5.41) is 0. The summed E-state index contributed by atoms with van der Waals surface area (Å²) in [4.78, 5) is 26.6. The summed E-state index contributed by atoms with van der Waals surface area (Å²) in [5.74, 6) is -4.30. The molecule has 1 aliphatic rings. The molecule has 1 heterocycles. The Labute approximate surface area is 181 Å². The van der Waals surface area contributed by atoms with Crippen molar-refractivity contribution in [2.75, 3.05) is 13.2 Å². The Morgan fingerprint density at radius 1 is 1.13 bits per heavy atom. The third-order valence-electron chi connectivity index (χ3n) is 5.22. The minimum Gasteiger partial charge on any atom is -0.447 e. The topological polar surface area (TPSA) is 55.8 Å². The van der Waals surface area contributed by atoms with Crippen molar-refractivity contribution in [2.45, 2.75) is 44.8 Å². The van der Waals surface area contributed by atoms with Crippen LogP contribution >= 0.6 is 0 Å². The molecule has 2 aromatic rings. The normalized spacial score (nSPS) is 17.5. The highest BCUT2D eigenvalue weighted by Crippen LogP contribution is 2.26. The van der Waals surface area contributed by atoms with Crippen LogP contribution in [0.3, 0.4) is 0 Å². The molecule has 5 nitrogen and oxygen atoms in total. The quantitative estimate of drug-likeness (QED) is 0.540. The number of cyclic esters (lactones) is 1. The number of rotatable bonds is 10. The van der Waals surface area contributed by atoms with Gasteiger partial charge in [-0.2, -0.15) is 0 Å². The minimum absolute atomic E-state index is 0.0500. The molecule has 2 aromatic carbocycles. The van der Waals surface area contributed by atoms with E-state index in [0.717, 1.165) is 23.0 Å². The summed E-state index contributed by atoms with van der Waals surface area (Å²) in [6.07, 6.45) is -0.842. The zero-order chi connectivity index (χ0) is 22.3. The average Bonchev–Trinajstić information content (AvgIpc) is 3.10. The monoisotopic (exact) mass is 431 g/mol. The first-order valence-electron chi connectivity index (χ1n) is 10.4. The lowest BCUT2D eigenvalue weighted by atomic mass is 9.98. The van der Waals surface area contributed by atoms with E-state index in [-0.39, 0.29) is 26.2 Å². The number of halogens is 2. The Kier molecular flexibility index (Phi) is 7.74. The fourth-order valence-corrected chi connectivity index (χ4v) is 3.56. The van der Waals surface area contributed by atoms with Crippen LogP contribution in [0.25, 0.3) is 0 Å². The molecule has 2 atom stereocenters. The van der Waals surface area contributed by atoms with Crippen molar-refractivity contribution < 1.29 is 27.8 Å². The molecule has 0 radical (unpaired) electrons. The van der Waals surface area contributed by atoms with E-state index in [1.165, 1.54) is 0 Å². The van der Waals surface area contributed by atoms with Gasteiger partial charge >= 0.3 is 6.09 Å². The van der Waals surface area contributed by atoms with Crippen molar-refractivity contribution in [3.63, 3.8) is 0 Å². The Hall–Kier alpha value is -2.80. The van der Waals surface area contributed by atoms with Crippen molar-refractivity contribution in [1.82, 2.24) is 4.90 Å². The number of carbonyl (C=O) groups excluding carboxylic acids is 2. The molecule has 31 heavy (non-hydrogen) atoms. The first kappa shape index (κ1) is 22.9. The van der Waals surface area contributed by atoms with Crippen molar-refractivity contribution >= 4 is 12.0 Å². The van der Waals surface area contributed by atoms with Gasteiger partial charge in [-0.15, -0.1) is 0 Å². The first-order chi connectivity index (χ1) is 14.8. The number of ether oxygens (including phenoxy) is 2. The number of benzene rings is 2. The second-order valence-corrected chi connectivity index (χ2v) is 7.94. The van der Waals surface area contributed by atoms with Crippen LogP contribution in [0.15, 0.2) is 60.7 Å². The molecule has 2 amide bonds. The van der Waals surface area contributed by atoms with Crippen LogP contribution in [-0.4, -0.2) is 42.1 Å². The molecule has 0 aliphatic carbocycles. The molecule has 0 saturated carbocycles. The van der Waals surface area contributed by atoms with Gasteiger partial charge in [0.2, 0.25) is 11.8 Å². The maximum absolute atomic E-state index is 13.5. The lowest BCUT2D eigenvalue weighted by molar-refractivity contribution is -0.136. The summed E-state index contributed by atoms with van der Waals surface area (Å²) < 4.78 is 37.8. The lowest BCUT2D eigenvalue weighted by Gasteiger charge is -2.25. The zero-order valence-corrected chi connectivity index (χ0v) is 17.5. The van der Waals surface area contributed by atoms with E-state index >= 15 is 0 Å². The van der Waals surface area contributed by atoms with Crippen molar-refractivity contribution in [1.29, 1.82) is 0 Å². The number of carbonyl (C=O) groups is 2. The zero-order valence-electron chi connectivity index (χ0n) is 17.5. The standard InChI is InChI=1S/C24H27F2NO4/c1-24(25,26)13-12-20(16-30-15-19-10-6-3-7-11-19)22(28)27-21(17-31-23(27)29)14-18-8-4-2-5-9-18/h2-11,20-21H,12-17H2,1H3/t20-,21?/m0/s1. The SMILES string of the molecule is CC(F)(F)CC[C@@H](COCc1ccccc1)C(=O)N1C(=O)OCC1Cc1ccccc1. The fraction of sp³-hybridized carbons (Fsp3) is 0.417. The Balaban J connectivity index is 1.69. The summed E-state index contributed by atoms with van der Waals surface area (Å²) in [6.45, 7) is 1.11. The smallest absolute Gasteiger partial charge is 0.416 e. The molecule has 0 aromatic heterocycles. The van der Waals surface area contributed by atoms with Crippen LogP contribution in [0, 0.1) is 5.92 Å². The van der Waals surface area contributed by atoms with Crippen molar-refractivity contribution in [3.8, 4) is 0 Å². The van der Waals surface area contributed by atoms with Gasteiger partial charge in [-0.05, 0) is 30.9 Å². The van der Waals surface area contributed by atoms with E-state index in [2.05, 4.69) is 0 Å². The van der Waals surface area contributed by atoms with E-state index in [4.69, 9.17) is 9.47 Å². The number of alkyl halides is 2. The van der Waals surface area contributed by atoms with Gasteiger partial charge in [0, 0.05) is 6.42 Å². The molecule has 1 saturated heterocycles. The Morgan fingerprint density at radius 2 is 1.74 bits per heavy atom. The third-order valence-corrected chi connectivity index (χ3v) is 5.22. The van der Waals surface area contributed by atoms with Crippen LogP contribution in [0.5, 0.6) is 0 Å². The van der Waals surface area contributed by atoms with Crippen LogP contribution in [-0.2, 0) is 27.3 Å². The molecule has 0 bridgehead atoms. The number of nitrogens with zero attached hydrogens (tertiary/aromatic N) is 1. The Morgan fingerprint density at radius 3 is 2.35 bits per heavy atom. The highest BCUT2D eigenvalue weighted by Gasteiger charge is 2.41. The molecule has 0 N–H and O–H groups in total. The second-order valence-electron chi connectivity index (χ2n) is 7.94. The predicted octanol–water partition coefficient (Wildman–Crippen LogP) is 4.84. The van der Waals surface area contributed by atoms with Crippen LogP contribution < -0.4 is 0 Å². The van der Waals surface area contributed by atoms with Crippen LogP contribution in [0.1, 0.15) is 30.9 Å². The molecule has 1 unspecified atom stereocenters. The molecule has 3 rings (SSSR count). The Bertz CT molecular complexity index is 855. The van der Waals surface area contributed by atoms with Gasteiger partial charge in [0.1, 0.15) is 6.61 Å². The van der Waals surface area contributed by atoms with Gasteiger partial charge in [0.05, 0.1) is 25.2 Å². The lowest BCUT2D eigenvalue weighted by Crippen LogP contribution is -2.45. The van der Waals surface area contributed by atoms with Crippen LogP contribution in [0.4, 0.5) is 13.6 Å². The largest absolute Gasteiger partial charge is 0.447 e. The molecule has 7 heteroatoms. The van der Waals surface area contributed by atoms with E-state index in [1.807, 2.05) is 60.7 Å². The van der Waals surface area contributed by atoms with E-state index in [0.29, 0.717) is 6.42 Å². The first-order valence-corrected chi connectivity index (χ1v) is 10.4. The molecular weight excluding hydrogens is 404 g/mol. The number of imide groups is 1. The maximum atomic E-state index is 13.5. The van der Waals surface area contributed by atoms with Gasteiger partial charge in [0.25, 0.3) is 0 Å². The van der Waals surface area contributed by atoms with Gasteiger partial charge < -0.3 is 9.47 Å². The van der Waals surface area contributed by atoms with Crippen molar-refractivity contribution in [3.05, 3.63) is 71.8 Å². The highest BCUT2D eigenvalue weighted by molar-refractivity contribution is 5.94. The molecule has 1 aliphatic heterocycles. The van der Waals surface area contributed by atoms with Gasteiger partial charge in [0.15, 0.2) is 0 Å². The van der Waals surface area contributed by atoms with E-state index < -0.39 is 36.3 Å². The van der Waals surface area contributed by atoms with E-state index in [9.17, 15) is 18.4 Å². The molecule has 166 valence electrons. The van der Waals surface area contributed by atoms with Gasteiger partial charge in [-0.3, -0.25) is 4.79 Å². The van der Waals surface area contributed by atoms with Crippen molar-refractivity contribution in [2.24, 2.45) is 5.92 Å². The summed E-state index contributed by atoms with van der Waals surface area (Å²) in [6, 6.07) is 18.4. The predicted molar refractivity (Wildman–Crippen MR) is 112 cm³/mol. The fourth-order valence-electron chi connectivity index (χ4n) is 3.56. The molecular formula is C24H27F2NO4. The molecule has 0 spiro atoms.